The van der Waals surface area contributed by atoms with E-state index in [0.717, 1.165) is 5.56 Å². The molecule has 2 aromatic rings. The third kappa shape index (κ3) is 14.6. The molecule has 5 amide bonds. The number of rotatable bonds is 14. The van der Waals surface area contributed by atoms with E-state index in [1.807, 2.05) is 0 Å². The van der Waals surface area contributed by atoms with Crippen LogP contribution >= 0.6 is 0 Å². The number of guanidine groups is 1. The Balaban J connectivity index is 1.81. The molecule has 0 fully saturated rings. The second-order valence-electron chi connectivity index (χ2n) is 13.2. The number of carbonyl (C=O) groups is 6. The highest BCUT2D eigenvalue weighted by molar-refractivity contribution is 5.95. The van der Waals surface area contributed by atoms with E-state index in [1.54, 1.807) is 48.3 Å². The van der Waals surface area contributed by atoms with Crippen molar-refractivity contribution in [2.24, 2.45) is 22.2 Å². The Bertz CT molecular complexity index is 1710. The summed E-state index contributed by atoms with van der Waals surface area (Å²) in [5.41, 5.74) is 19.0. The number of nitrogens with zero attached hydrogens (tertiary/aromatic N) is 2. The van der Waals surface area contributed by atoms with Crippen LogP contribution in [0.3, 0.4) is 0 Å². The van der Waals surface area contributed by atoms with Crippen molar-refractivity contribution < 1.29 is 39.0 Å². The molecule has 1 aliphatic rings. The molecule has 0 saturated carbocycles. The number of phenolic OH excluding ortho intramolecular Hbond substituents is 1. The number of nitrogens with one attached hydrogen (secondary N) is 5. The summed E-state index contributed by atoms with van der Waals surface area (Å²) in [6.07, 6.45) is 1.58. The number of phenols is 1. The van der Waals surface area contributed by atoms with Gasteiger partial charge in [-0.1, -0.05) is 30.8 Å². The van der Waals surface area contributed by atoms with E-state index in [-0.39, 0.29) is 49.1 Å². The van der Waals surface area contributed by atoms with Crippen molar-refractivity contribution in [3.63, 3.8) is 0 Å². The number of aliphatic carboxylic acids is 1. The molecule has 4 unspecified atom stereocenters. The summed E-state index contributed by atoms with van der Waals surface area (Å²) < 4.78 is 0. The molecule has 18 heteroatoms. The van der Waals surface area contributed by atoms with E-state index in [2.05, 4.69) is 38.2 Å². The quantitative estimate of drug-likeness (QED) is 0.0625. The van der Waals surface area contributed by atoms with Crippen LogP contribution in [-0.4, -0.2) is 107 Å². The average Bonchev–Trinajstić information content (AvgIpc) is 3.14. The Labute approximate surface area is 319 Å². The Morgan fingerprint density at radius 1 is 0.964 bits per heavy atom. The SMILES string of the molecule is C=C1C(CCCCNC(=O)C(N)Cc2ccc(O)cc2)NC(=O)c2cccc(c2)CNC(=O)C(CC(=O)O)NC(=O)CNC(=O)C(CCCN=C(N)N)N1C. The number of carboxylic acids is 1. The van der Waals surface area contributed by atoms with Crippen molar-refractivity contribution in [1.29, 1.82) is 0 Å². The zero-order chi connectivity index (χ0) is 40.5. The molecule has 0 aromatic heterocycles. The normalized spacial score (nSPS) is 19.1. The molecule has 13 N–H and O–H groups in total. The van der Waals surface area contributed by atoms with Crippen LogP contribution in [0.15, 0.2) is 65.8 Å². The predicted molar refractivity (Wildman–Crippen MR) is 204 cm³/mol. The first-order valence-electron chi connectivity index (χ1n) is 17.9. The minimum atomic E-state index is -1.43. The second kappa shape index (κ2) is 21.5. The molecule has 2 bridgehead atoms. The van der Waals surface area contributed by atoms with Crippen molar-refractivity contribution >= 4 is 41.5 Å². The van der Waals surface area contributed by atoms with Gasteiger partial charge in [-0.15, -0.1) is 0 Å². The van der Waals surface area contributed by atoms with Crippen LogP contribution in [0.1, 0.15) is 60.0 Å². The van der Waals surface area contributed by atoms with Gasteiger partial charge in [-0.2, -0.15) is 0 Å². The van der Waals surface area contributed by atoms with Crippen LogP contribution in [0.25, 0.3) is 0 Å². The lowest BCUT2D eigenvalue weighted by Gasteiger charge is -2.35. The van der Waals surface area contributed by atoms with Gasteiger partial charge in [0.05, 0.1) is 25.0 Å². The topological polar surface area (TPSA) is 297 Å². The number of aliphatic imine (C=N–C) groups is 1. The highest BCUT2D eigenvalue weighted by Gasteiger charge is 2.30. The number of unbranched alkanes of at least 4 members (excludes halogenated alkanes) is 1. The van der Waals surface area contributed by atoms with Gasteiger partial charge < -0.3 is 58.9 Å². The number of aromatic hydroxyl groups is 1. The van der Waals surface area contributed by atoms with Crippen LogP contribution in [0.2, 0.25) is 0 Å². The third-order valence-corrected chi connectivity index (χ3v) is 8.92. The standard InChI is InChI=1S/C37H52N10O8/c1-22-28(9-3-4-15-41-34(53)27(38)18-23-11-13-26(48)14-12-23)46-33(52)25-8-5-7-24(17-25)20-43-35(54)29(19-32(50)51)45-31(49)21-44-36(55)30(47(22)2)10-6-16-42-37(39)40/h5,7-8,11-14,17,27-30,48H,1,3-4,6,9-10,15-16,18-21,38H2,2H3,(H,41,53)(H,43,54)(H,44,55)(H,45,49)(H,46,52)(H,50,51)(H4,39,40,42). The monoisotopic (exact) mass is 764 g/mol. The lowest BCUT2D eigenvalue weighted by Crippen LogP contribution is -2.53. The van der Waals surface area contributed by atoms with Gasteiger partial charge in [-0.25, -0.2) is 0 Å². The molecule has 0 spiro atoms. The van der Waals surface area contributed by atoms with Crippen molar-refractivity contribution in [3.8, 4) is 5.75 Å². The molecule has 0 saturated heterocycles. The fourth-order valence-electron chi connectivity index (χ4n) is 5.85. The maximum absolute atomic E-state index is 13.7. The van der Waals surface area contributed by atoms with E-state index < -0.39 is 66.7 Å². The Hall–Kier alpha value is -6.17. The predicted octanol–water partition coefficient (Wildman–Crippen LogP) is -1.08. The zero-order valence-corrected chi connectivity index (χ0v) is 30.9. The second-order valence-corrected chi connectivity index (χ2v) is 13.2. The molecule has 4 atom stereocenters. The first kappa shape index (κ1) is 43.2. The molecule has 1 aliphatic heterocycles. The Morgan fingerprint density at radius 3 is 2.36 bits per heavy atom. The molecular formula is C37H52N10O8. The van der Waals surface area contributed by atoms with Crippen molar-refractivity contribution in [2.75, 3.05) is 26.7 Å². The summed E-state index contributed by atoms with van der Waals surface area (Å²) in [7, 11) is 1.63. The van der Waals surface area contributed by atoms with Crippen LogP contribution in [0.4, 0.5) is 0 Å². The summed E-state index contributed by atoms with van der Waals surface area (Å²) >= 11 is 0. The number of carboxylic acid groups (broad SMARTS) is 1. The molecule has 2 aromatic carbocycles. The van der Waals surface area contributed by atoms with Crippen LogP contribution in [0, 0.1) is 0 Å². The number of benzene rings is 2. The lowest BCUT2D eigenvalue weighted by atomic mass is 10.0. The van der Waals surface area contributed by atoms with Gasteiger partial charge in [-0.3, -0.25) is 33.8 Å². The van der Waals surface area contributed by atoms with Gasteiger partial charge >= 0.3 is 5.97 Å². The largest absolute Gasteiger partial charge is 0.508 e. The molecule has 0 aliphatic carbocycles. The molecular weight excluding hydrogens is 712 g/mol. The maximum atomic E-state index is 13.7. The molecule has 18 nitrogen and oxygen atoms in total. The van der Waals surface area contributed by atoms with Crippen molar-refractivity contribution in [2.45, 2.75) is 75.7 Å². The van der Waals surface area contributed by atoms with Gasteiger partial charge in [0.15, 0.2) is 5.96 Å². The summed E-state index contributed by atoms with van der Waals surface area (Å²) in [5, 5.41) is 32.2. The molecule has 0 radical (unpaired) electrons. The maximum Gasteiger partial charge on any atom is 0.305 e. The highest BCUT2D eigenvalue weighted by Crippen LogP contribution is 2.19. The van der Waals surface area contributed by atoms with Crippen LogP contribution < -0.4 is 43.8 Å². The fraction of sp³-hybridized carbons (Fsp3) is 0.432. The highest BCUT2D eigenvalue weighted by atomic mass is 16.4. The lowest BCUT2D eigenvalue weighted by molar-refractivity contribution is -0.140. The fourth-order valence-corrected chi connectivity index (χ4v) is 5.85. The number of carbonyl (C=O) groups excluding carboxylic acids is 5. The first-order chi connectivity index (χ1) is 26.1. The van der Waals surface area contributed by atoms with E-state index >= 15 is 0 Å². The molecule has 1 heterocycles. The van der Waals surface area contributed by atoms with Crippen LogP contribution in [0.5, 0.6) is 5.75 Å². The average molecular weight is 765 g/mol. The van der Waals surface area contributed by atoms with Crippen molar-refractivity contribution in [3.05, 3.63) is 77.5 Å². The number of amides is 5. The first-order valence-corrected chi connectivity index (χ1v) is 17.9. The Kier molecular flexibility index (Phi) is 16.9. The number of hydrogen-bond donors (Lipinski definition) is 10. The van der Waals surface area contributed by atoms with Gasteiger partial charge in [0.25, 0.3) is 5.91 Å². The minimum Gasteiger partial charge on any atom is -0.508 e. The number of nitrogens with two attached hydrogens (primary N) is 3. The van der Waals surface area contributed by atoms with E-state index in [0.29, 0.717) is 43.5 Å². The third-order valence-electron chi connectivity index (χ3n) is 8.92. The van der Waals surface area contributed by atoms with Crippen LogP contribution in [-0.2, 0) is 36.9 Å². The van der Waals surface area contributed by atoms with E-state index in [9.17, 15) is 39.0 Å². The van der Waals surface area contributed by atoms with Gasteiger partial charge in [-0.05, 0) is 73.9 Å². The van der Waals surface area contributed by atoms with Gasteiger partial charge in [0.2, 0.25) is 23.6 Å². The van der Waals surface area contributed by atoms with Crippen molar-refractivity contribution in [1.82, 2.24) is 31.5 Å². The summed E-state index contributed by atoms with van der Waals surface area (Å²) in [6.45, 7) is 4.15. The van der Waals surface area contributed by atoms with E-state index in [1.165, 1.54) is 12.1 Å². The van der Waals surface area contributed by atoms with Gasteiger partial charge in [0, 0.05) is 37.9 Å². The minimum absolute atomic E-state index is 0.0621. The smallest absolute Gasteiger partial charge is 0.305 e. The molecule has 298 valence electrons. The summed E-state index contributed by atoms with van der Waals surface area (Å²) in [5.74, 6) is -4.23. The van der Waals surface area contributed by atoms with E-state index in [4.69, 9.17) is 17.2 Å². The summed E-state index contributed by atoms with van der Waals surface area (Å²) in [4.78, 5) is 82.8. The zero-order valence-electron chi connectivity index (χ0n) is 30.9. The number of hydrogen-bond acceptors (Lipinski definition) is 10. The van der Waals surface area contributed by atoms with Gasteiger partial charge in [0.1, 0.15) is 17.8 Å². The molecule has 3 rings (SSSR count). The number of fused-ring (bicyclic) bond motifs is 2. The molecule has 55 heavy (non-hydrogen) atoms. The summed E-state index contributed by atoms with van der Waals surface area (Å²) in [6, 6.07) is 9.09. The Morgan fingerprint density at radius 2 is 1.67 bits per heavy atom. The number of likely N-dealkylation sites (N-methyl/N-ethyl adjacent to an activating group) is 1.